The summed E-state index contributed by atoms with van der Waals surface area (Å²) < 4.78 is 31.9. The Morgan fingerprint density at radius 3 is 2.45 bits per heavy atom. The molecule has 2 aromatic rings. The Bertz CT molecular complexity index is 833. The molecule has 3 N–H and O–H groups in total. The number of rotatable bonds is 6. The van der Waals surface area contributed by atoms with Gasteiger partial charge in [0.1, 0.15) is 4.90 Å². The SMILES string of the molecule is O=C(O)CCNN=Nc1ccc(S(=O)(=O)O)c2ccccc12. The quantitative estimate of drug-likeness (QED) is 0.323. The number of nitrogens with zero attached hydrogens (tertiary/aromatic N) is 2. The highest BCUT2D eigenvalue weighted by Crippen LogP contribution is 2.31. The van der Waals surface area contributed by atoms with Crippen LogP contribution in [0.2, 0.25) is 0 Å². The number of hydrogen-bond donors (Lipinski definition) is 3. The molecular weight excluding hydrogens is 310 g/mol. The van der Waals surface area contributed by atoms with Gasteiger partial charge in [-0.1, -0.05) is 29.5 Å². The lowest BCUT2D eigenvalue weighted by atomic mass is 10.1. The summed E-state index contributed by atoms with van der Waals surface area (Å²) in [5, 5.41) is 16.9. The van der Waals surface area contributed by atoms with Crippen molar-refractivity contribution in [3.05, 3.63) is 36.4 Å². The van der Waals surface area contributed by atoms with Crippen LogP contribution in [-0.2, 0) is 14.9 Å². The van der Waals surface area contributed by atoms with E-state index in [0.717, 1.165) is 0 Å². The lowest BCUT2D eigenvalue weighted by molar-refractivity contribution is -0.136. The van der Waals surface area contributed by atoms with E-state index in [1.54, 1.807) is 24.3 Å². The second-order valence-corrected chi connectivity index (χ2v) is 5.75. The van der Waals surface area contributed by atoms with Crippen LogP contribution in [-0.4, -0.2) is 30.6 Å². The second-order valence-electron chi connectivity index (χ2n) is 4.36. The van der Waals surface area contributed by atoms with E-state index in [0.29, 0.717) is 16.5 Å². The monoisotopic (exact) mass is 323 g/mol. The predicted molar refractivity (Wildman–Crippen MR) is 78.5 cm³/mol. The van der Waals surface area contributed by atoms with Gasteiger partial charge >= 0.3 is 5.97 Å². The van der Waals surface area contributed by atoms with Crippen LogP contribution in [0.1, 0.15) is 6.42 Å². The molecule has 0 radical (unpaired) electrons. The highest BCUT2D eigenvalue weighted by Gasteiger charge is 2.15. The molecule has 0 aliphatic heterocycles. The zero-order chi connectivity index (χ0) is 16.2. The average Bonchev–Trinajstić information content (AvgIpc) is 2.45. The molecule has 0 fully saturated rings. The van der Waals surface area contributed by atoms with Crippen molar-refractivity contribution in [1.29, 1.82) is 0 Å². The van der Waals surface area contributed by atoms with E-state index in [1.807, 2.05) is 0 Å². The van der Waals surface area contributed by atoms with E-state index >= 15 is 0 Å². The van der Waals surface area contributed by atoms with Crippen molar-refractivity contribution in [2.75, 3.05) is 6.54 Å². The molecule has 0 heterocycles. The molecule has 9 heteroatoms. The van der Waals surface area contributed by atoms with Gasteiger partial charge in [0.05, 0.1) is 12.1 Å². The molecule has 0 aromatic heterocycles. The van der Waals surface area contributed by atoms with Gasteiger partial charge in [0.15, 0.2) is 0 Å². The van der Waals surface area contributed by atoms with Gasteiger partial charge in [-0.2, -0.15) is 8.42 Å². The van der Waals surface area contributed by atoms with Crippen molar-refractivity contribution < 1.29 is 22.9 Å². The molecule has 2 aromatic carbocycles. The molecule has 0 aliphatic rings. The Labute approximate surface area is 126 Å². The first kappa shape index (κ1) is 15.9. The summed E-state index contributed by atoms with van der Waals surface area (Å²) in [5.41, 5.74) is 2.88. The minimum absolute atomic E-state index is 0.0958. The summed E-state index contributed by atoms with van der Waals surface area (Å²) in [5.74, 6) is -0.953. The van der Waals surface area contributed by atoms with E-state index in [4.69, 9.17) is 5.11 Å². The van der Waals surface area contributed by atoms with E-state index in [-0.39, 0.29) is 17.9 Å². The molecule has 22 heavy (non-hydrogen) atoms. The molecule has 0 saturated carbocycles. The first-order chi connectivity index (χ1) is 10.4. The summed E-state index contributed by atoms with van der Waals surface area (Å²) >= 11 is 0. The molecule has 8 nitrogen and oxygen atoms in total. The van der Waals surface area contributed by atoms with Crippen molar-refractivity contribution in [3.63, 3.8) is 0 Å². The van der Waals surface area contributed by atoms with Crippen LogP contribution in [0.4, 0.5) is 5.69 Å². The van der Waals surface area contributed by atoms with E-state index in [9.17, 15) is 17.8 Å². The summed E-state index contributed by atoms with van der Waals surface area (Å²) in [6.45, 7) is 0.125. The maximum absolute atomic E-state index is 11.4. The predicted octanol–water partition coefficient (Wildman–Crippen LogP) is 2.15. The van der Waals surface area contributed by atoms with Crippen LogP contribution in [0.15, 0.2) is 51.6 Å². The van der Waals surface area contributed by atoms with Gasteiger partial charge in [0.25, 0.3) is 10.1 Å². The van der Waals surface area contributed by atoms with Gasteiger partial charge in [-0.15, -0.1) is 5.11 Å². The minimum Gasteiger partial charge on any atom is -0.481 e. The van der Waals surface area contributed by atoms with Crippen molar-refractivity contribution in [3.8, 4) is 0 Å². The first-order valence-electron chi connectivity index (χ1n) is 6.24. The molecule has 0 bridgehead atoms. The first-order valence-corrected chi connectivity index (χ1v) is 7.68. The maximum atomic E-state index is 11.4. The van der Waals surface area contributed by atoms with Crippen molar-refractivity contribution in [2.24, 2.45) is 10.3 Å². The number of carboxylic acid groups (broad SMARTS) is 1. The number of nitrogens with one attached hydrogen (secondary N) is 1. The van der Waals surface area contributed by atoms with Gasteiger partial charge < -0.3 is 5.11 Å². The molecule has 0 aliphatic carbocycles. The summed E-state index contributed by atoms with van der Waals surface area (Å²) in [6.07, 6.45) is -0.0958. The molecule has 0 saturated heterocycles. The molecule has 2 rings (SSSR count). The number of fused-ring (bicyclic) bond motifs is 1. The van der Waals surface area contributed by atoms with E-state index in [2.05, 4.69) is 15.8 Å². The van der Waals surface area contributed by atoms with Crippen molar-refractivity contribution >= 4 is 32.5 Å². The van der Waals surface area contributed by atoms with Crippen molar-refractivity contribution in [2.45, 2.75) is 11.3 Å². The van der Waals surface area contributed by atoms with Gasteiger partial charge in [-0.25, -0.2) is 0 Å². The fraction of sp³-hybridized carbons (Fsp3) is 0.154. The molecular formula is C13H13N3O5S. The summed E-state index contributed by atoms with van der Waals surface area (Å²) in [4.78, 5) is 10.1. The second kappa shape index (κ2) is 6.50. The molecule has 0 amide bonds. The van der Waals surface area contributed by atoms with Gasteiger partial charge in [0.2, 0.25) is 0 Å². The lowest BCUT2D eigenvalue weighted by Gasteiger charge is -2.05. The topological polar surface area (TPSA) is 128 Å². The Kier molecular flexibility index (Phi) is 4.68. The van der Waals surface area contributed by atoms with Crippen LogP contribution < -0.4 is 5.43 Å². The van der Waals surface area contributed by atoms with Crippen LogP contribution >= 0.6 is 0 Å². The van der Waals surface area contributed by atoms with Crippen LogP contribution in [0.25, 0.3) is 10.8 Å². The number of carboxylic acids is 1. The smallest absolute Gasteiger partial charge is 0.305 e. The van der Waals surface area contributed by atoms with Crippen LogP contribution in [0.5, 0.6) is 0 Å². The molecule has 116 valence electrons. The highest BCUT2D eigenvalue weighted by atomic mass is 32.2. The zero-order valence-corrected chi connectivity index (χ0v) is 12.1. The highest BCUT2D eigenvalue weighted by molar-refractivity contribution is 7.86. The third kappa shape index (κ3) is 3.77. The Balaban J connectivity index is 2.33. The summed E-state index contributed by atoms with van der Waals surface area (Å²) in [7, 11) is -4.34. The van der Waals surface area contributed by atoms with Crippen molar-refractivity contribution in [1.82, 2.24) is 5.43 Å². The fourth-order valence-electron chi connectivity index (χ4n) is 1.87. The average molecular weight is 323 g/mol. The standard InChI is InChI=1S/C13H13N3O5S/c17-13(18)7-8-14-16-15-11-5-6-12(22(19,20)21)10-4-2-1-3-9(10)11/h1-6H,7-8H2,(H,14,15)(H,17,18)(H,19,20,21). The normalized spacial score (nSPS) is 11.9. The summed E-state index contributed by atoms with van der Waals surface area (Å²) in [6, 6.07) is 9.19. The Hall–Kier alpha value is -2.52. The largest absolute Gasteiger partial charge is 0.481 e. The Morgan fingerprint density at radius 2 is 1.82 bits per heavy atom. The van der Waals surface area contributed by atoms with Crippen LogP contribution in [0.3, 0.4) is 0 Å². The van der Waals surface area contributed by atoms with Gasteiger partial charge in [-0.05, 0) is 12.1 Å². The number of benzene rings is 2. The third-order valence-corrected chi connectivity index (χ3v) is 3.73. The lowest BCUT2D eigenvalue weighted by Crippen LogP contribution is -2.11. The van der Waals surface area contributed by atoms with Crippen LogP contribution in [0, 0.1) is 0 Å². The fourth-order valence-corrected chi connectivity index (χ4v) is 2.57. The molecule has 0 unspecified atom stereocenters. The van der Waals surface area contributed by atoms with Gasteiger partial charge in [0, 0.05) is 17.3 Å². The van der Waals surface area contributed by atoms with E-state index in [1.165, 1.54) is 12.1 Å². The van der Waals surface area contributed by atoms with Gasteiger partial charge in [-0.3, -0.25) is 14.8 Å². The number of aliphatic carboxylic acids is 1. The maximum Gasteiger partial charge on any atom is 0.305 e. The number of carbonyl (C=O) groups is 1. The van der Waals surface area contributed by atoms with E-state index < -0.39 is 16.1 Å². The molecule has 0 atom stereocenters. The third-order valence-electron chi connectivity index (χ3n) is 2.82. The Morgan fingerprint density at radius 1 is 1.14 bits per heavy atom. The number of hydrogen-bond acceptors (Lipinski definition) is 5. The molecule has 0 spiro atoms. The minimum atomic E-state index is -4.34. The zero-order valence-electron chi connectivity index (χ0n) is 11.3.